The van der Waals surface area contributed by atoms with E-state index in [2.05, 4.69) is 16.2 Å². The van der Waals surface area contributed by atoms with Gasteiger partial charge in [0.15, 0.2) is 5.76 Å². The molecule has 0 spiro atoms. The van der Waals surface area contributed by atoms with Gasteiger partial charge in [0, 0.05) is 5.41 Å². The molecule has 0 aliphatic heterocycles. The Morgan fingerprint density at radius 3 is 2.24 bits per heavy atom. The van der Waals surface area contributed by atoms with Crippen LogP contribution in [0.1, 0.15) is 49.1 Å². The van der Waals surface area contributed by atoms with Crippen molar-refractivity contribution in [2.75, 3.05) is 6.54 Å². The Labute approximate surface area is 145 Å². The Morgan fingerprint density at radius 1 is 1.04 bits per heavy atom. The predicted octanol–water partition coefficient (Wildman–Crippen LogP) is 1.37. The van der Waals surface area contributed by atoms with E-state index in [1.54, 1.807) is 6.07 Å². The summed E-state index contributed by atoms with van der Waals surface area (Å²) in [5.41, 5.74) is 4.28. The van der Waals surface area contributed by atoms with E-state index in [0.29, 0.717) is 17.8 Å². The predicted molar refractivity (Wildman–Crippen MR) is 87.9 cm³/mol. The van der Waals surface area contributed by atoms with E-state index in [1.807, 2.05) is 0 Å². The molecule has 4 aliphatic carbocycles. The highest BCUT2D eigenvalue weighted by atomic mass is 16.3. The van der Waals surface area contributed by atoms with Gasteiger partial charge in [0.25, 0.3) is 5.91 Å². The van der Waals surface area contributed by atoms with Gasteiger partial charge in [0.05, 0.1) is 12.8 Å². The first kappa shape index (κ1) is 16.2. The minimum absolute atomic E-state index is 0.000823. The SMILES string of the molecule is O=C(CNC(=O)C12CC3CC(CC(C3)C1)C2)NNC(=O)c1ccco1. The second-order valence-corrected chi connectivity index (χ2v) is 7.86. The fourth-order valence-electron chi connectivity index (χ4n) is 5.38. The highest BCUT2D eigenvalue weighted by Gasteiger charge is 2.54. The van der Waals surface area contributed by atoms with Crippen LogP contribution in [0.3, 0.4) is 0 Å². The van der Waals surface area contributed by atoms with E-state index in [1.165, 1.54) is 31.6 Å². The molecule has 4 fully saturated rings. The fourth-order valence-corrected chi connectivity index (χ4v) is 5.38. The van der Waals surface area contributed by atoms with Crippen molar-refractivity contribution in [2.45, 2.75) is 38.5 Å². The van der Waals surface area contributed by atoms with Crippen LogP contribution >= 0.6 is 0 Å². The first-order valence-corrected chi connectivity index (χ1v) is 8.95. The smallest absolute Gasteiger partial charge is 0.305 e. The number of hydrogen-bond acceptors (Lipinski definition) is 4. The number of hydrazine groups is 1. The molecule has 134 valence electrons. The maximum absolute atomic E-state index is 12.7. The topological polar surface area (TPSA) is 100 Å². The second-order valence-electron chi connectivity index (χ2n) is 7.86. The van der Waals surface area contributed by atoms with Gasteiger partial charge in [-0.1, -0.05) is 0 Å². The van der Waals surface area contributed by atoms with Gasteiger partial charge in [-0.25, -0.2) is 0 Å². The molecule has 4 saturated carbocycles. The van der Waals surface area contributed by atoms with Crippen molar-refractivity contribution in [3.63, 3.8) is 0 Å². The van der Waals surface area contributed by atoms with Crippen molar-refractivity contribution in [1.82, 2.24) is 16.2 Å². The van der Waals surface area contributed by atoms with Crippen LogP contribution in [0.4, 0.5) is 0 Å². The van der Waals surface area contributed by atoms with Gasteiger partial charge in [0.1, 0.15) is 0 Å². The lowest BCUT2D eigenvalue weighted by atomic mass is 9.49. The first-order valence-electron chi connectivity index (χ1n) is 8.95. The number of furan rings is 1. The van der Waals surface area contributed by atoms with E-state index in [-0.39, 0.29) is 23.6 Å². The van der Waals surface area contributed by atoms with Gasteiger partial charge >= 0.3 is 5.91 Å². The van der Waals surface area contributed by atoms with Crippen LogP contribution in [0.2, 0.25) is 0 Å². The molecule has 4 aliphatic rings. The maximum Gasteiger partial charge on any atom is 0.305 e. The summed E-state index contributed by atoms with van der Waals surface area (Å²) >= 11 is 0. The van der Waals surface area contributed by atoms with E-state index in [9.17, 15) is 14.4 Å². The third kappa shape index (κ3) is 3.15. The Balaban J connectivity index is 1.26. The number of hydrogen-bond donors (Lipinski definition) is 3. The average Bonchev–Trinajstić information content (AvgIpc) is 3.11. The molecule has 3 amide bonds. The molecular weight excluding hydrogens is 322 g/mol. The van der Waals surface area contributed by atoms with Gasteiger partial charge in [0.2, 0.25) is 5.91 Å². The van der Waals surface area contributed by atoms with Gasteiger partial charge in [-0.05, 0) is 68.4 Å². The summed E-state index contributed by atoms with van der Waals surface area (Å²) in [7, 11) is 0. The zero-order chi connectivity index (χ0) is 17.4. The van der Waals surface area contributed by atoms with E-state index in [0.717, 1.165) is 19.3 Å². The molecule has 0 saturated heterocycles. The number of rotatable bonds is 4. The van der Waals surface area contributed by atoms with Crippen molar-refractivity contribution < 1.29 is 18.8 Å². The minimum Gasteiger partial charge on any atom is -0.459 e. The Kier molecular flexibility index (Phi) is 4.01. The van der Waals surface area contributed by atoms with Crippen LogP contribution in [0, 0.1) is 23.2 Å². The van der Waals surface area contributed by atoms with Crippen molar-refractivity contribution in [1.29, 1.82) is 0 Å². The number of carbonyl (C=O) groups is 3. The lowest BCUT2D eigenvalue weighted by Gasteiger charge is -2.55. The van der Waals surface area contributed by atoms with Crippen molar-refractivity contribution >= 4 is 17.7 Å². The van der Waals surface area contributed by atoms with E-state index in [4.69, 9.17) is 4.42 Å². The lowest BCUT2D eigenvalue weighted by Crippen LogP contribution is -2.55. The van der Waals surface area contributed by atoms with Gasteiger partial charge in [-0.15, -0.1) is 0 Å². The van der Waals surface area contributed by atoms with Gasteiger partial charge in [-0.2, -0.15) is 0 Å². The number of amides is 3. The highest BCUT2D eigenvalue weighted by Crippen LogP contribution is 2.60. The molecular formula is C18H23N3O4. The highest BCUT2D eigenvalue weighted by molar-refractivity contribution is 5.93. The zero-order valence-electron chi connectivity index (χ0n) is 14.0. The zero-order valence-corrected chi connectivity index (χ0v) is 14.0. The molecule has 25 heavy (non-hydrogen) atoms. The average molecular weight is 345 g/mol. The van der Waals surface area contributed by atoms with Crippen LogP contribution in [-0.4, -0.2) is 24.3 Å². The summed E-state index contributed by atoms with van der Waals surface area (Å²) in [5.74, 6) is 1.15. The maximum atomic E-state index is 12.7. The van der Waals surface area contributed by atoms with Crippen molar-refractivity contribution in [3.8, 4) is 0 Å². The molecule has 1 heterocycles. The summed E-state index contributed by atoms with van der Waals surface area (Å²) in [6.07, 6.45) is 8.07. The molecule has 4 bridgehead atoms. The molecule has 0 aromatic carbocycles. The molecule has 7 heteroatoms. The normalized spacial score (nSPS) is 32.2. The molecule has 7 nitrogen and oxygen atoms in total. The summed E-state index contributed by atoms with van der Waals surface area (Å²) in [4.78, 5) is 36.3. The molecule has 0 atom stereocenters. The monoisotopic (exact) mass is 345 g/mol. The van der Waals surface area contributed by atoms with Crippen LogP contribution in [0.25, 0.3) is 0 Å². The second kappa shape index (κ2) is 6.20. The third-order valence-corrected chi connectivity index (χ3v) is 5.99. The Hall–Kier alpha value is -2.31. The first-order chi connectivity index (χ1) is 12.0. The molecule has 1 aromatic heterocycles. The molecule has 0 radical (unpaired) electrons. The van der Waals surface area contributed by atoms with Crippen LogP contribution in [-0.2, 0) is 9.59 Å². The minimum atomic E-state index is -0.536. The van der Waals surface area contributed by atoms with Crippen molar-refractivity contribution in [2.24, 2.45) is 23.2 Å². The third-order valence-electron chi connectivity index (χ3n) is 5.99. The molecule has 5 rings (SSSR count). The van der Waals surface area contributed by atoms with Gasteiger partial charge < -0.3 is 9.73 Å². The summed E-state index contributed by atoms with van der Waals surface area (Å²) in [5, 5.41) is 2.77. The standard InChI is InChI=1S/C18H23N3O4/c22-15(20-21-16(23)14-2-1-3-25-14)10-19-17(24)18-7-11-4-12(8-18)6-13(5-11)9-18/h1-3,11-13H,4-10H2,(H,19,24)(H,20,22)(H,21,23). The van der Waals surface area contributed by atoms with Crippen LogP contribution < -0.4 is 16.2 Å². The fraction of sp³-hybridized carbons (Fsp3) is 0.611. The summed E-state index contributed by atoms with van der Waals surface area (Å²) in [6.45, 7) is -0.140. The van der Waals surface area contributed by atoms with Gasteiger partial charge in [-0.3, -0.25) is 25.2 Å². The van der Waals surface area contributed by atoms with E-state index < -0.39 is 11.8 Å². The lowest BCUT2D eigenvalue weighted by molar-refractivity contribution is -0.147. The molecule has 1 aromatic rings. The van der Waals surface area contributed by atoms with Crippen LogP contribution in [0.5, 0.6) is 0 Å². The Morgan fingerprint density at radius 2 is 1.68 bits per heavy atom. The summed E-state index contributed by atoms with van der Waals surface area (Å²) < 4.78 is 4.93. The number of nitrogens with one attached hydrogen (secondary N) is 3. The quantitative estimate of drug-likeness (QED) is 0.718. The summed E-state index contributed by atoms with van der Waals surface area (Å²) in [6, 6.07) is 3.08. The number of carbonyl (C=O) groups excluding carboxylic acids is 3. The largest absolute Gasteiger partial charge is 0.459 e. The molecule has 3 N–H and O–H groups in total. The molecule has 0 unspecified atom stereocenters. The van der Waals surface area contributed by atoms with Crippen molar-refractivity contribution in [3.05, 3.63) is 24.2 Å². The Bertz CT molecular complexity index is 647. The van der Waals surface area contributed by atoms with Crippen LogP contribution in [0.15, 0.2) is 22.8 Å². The van der Waals surface area contributed by atoms with E-state index >= 15 is 0 Å².